The number of rotatable bonds is 2. The maximum absolute atomic E-state index is 5.05. The number of benzene rings is 2. The normalized spacial score (nSPS) is 17.6. The van der Waals surface area contributed by atoms with E-state index in [1.54, 1.807) is 11.3 Å². The van der Waals surface area contributed by atoms with E-state index in [-0.39, 0.29) is 0 Å². The van der Waals surface area contributed by atoms with Crippen LogP contribution >= 0.6 is 11.3 Å². The number of nitrogens with zero attached hydrogens (tertiary/aromatic N) is 3. The minimum absolute atomic E-state index is 0.560. The van der Waals surface area contributed by atoms with Gasteiger partial charge < -0.3 is 4.90 Å². The SMILES string of the molecule is C[C@H]1CCCN1c1cc2ccccc2nc1-c1ccc2scnc2c1. The quantitative estimate of drug-likeness (QED) is 0.480. The molecule has 1 aliphatic rings. The van der Waals surface area contributed by atoms with Crippen LogP contribution in [0.25, 0.3) is 32.4 Å². The van der Waals surface area contributed by atoms with Gasteiger partial charge in [0.2, 0.25) is 0 Å². The predicted molar refractivity (Wildman–Crippen MR) is 106 cm³/mol. The fraction of sp³-hybridized carbons (Fsp3) is 0.238. The standard InChI is InChI=1S/C21H19N3S/c1-14-5-4-10-24(14)19-12-15-6-2-3-7-17(15)23-21(19)16-8-9-20-18(11-16)22-13-25-20/h2-3,6-9,11-14H,4-5,10H2,1H3/t14-/m0/s1. The highest BCUT2D eigenvalue weighted by atomic mass is 32.1. The number of para-hydroxylation sites is 1. The van der Waals surface area contributed by atoms with Crippen molar-refractivity contribution in [2.75, 3.05) is 11.4 Å². The summed E-state index contributed by atoms with van der Waals surface area (Å²) < 4.78 is 1.22. The lowest BCUT2D eigenvalue weighted by Crippen LogP contribution is -2.27. The molecular formula is C21H19N3S. The third-order valence-corrected chi connectivity index (χ3v) is 5.98. The highest BCUT2D eigenvalue weighted by Gasteiger charge is 2.24. The van der Waals surface area contributed by atoms with Crippen molar-refractivity contribution in [2.45, 2.75) is 25.8 Å². The van der Waals surface area contributed by atoms with E-state index in [9.17, 15) is 0 Å². The second-order valence-corrected chi connectivity index (χ2v) is 7.65. The van der Waals surface area contributed by atoms with E-state index in [4.69, 9.17) is 4.98 Å². The molecule has 0 spiro atoms. The summed E-state index contributed by atoms with van der Waals surface area (Å²) in [5, 5.41) is 1.20. The van der Waals surface area contributed by atoms with Gasteiger partial charge in [0.1, 0.15) is 0 Å². The largest absolute Gasteiger partial charge is 0.367 e. The van der Waals surface area contributed by atoms with Gasteiger partial charge in [-0.3, -0.25) is 0 Å². The zero-order chi connectivity index (χ0) is 16.8. The van der Waals surface area contributed by atoms with Gasteiger partial charge >= 0.3 is 0 Å². The van der Waals surface area contributed by atoms with Gasteiger partial charge in [-0.25, -0.2) is 9.97 Å². The lowest BCUT2D eigenvalue weighted by Gasteiger charge is -2.26. The van der Waals surface area contributed by atoms with Crippen LogP contribution in [0.5, 0.6) is 0 Å². The molecular weight excluding hydrogens is 326 g/mol. The van der Waals surface area contributed by atoms with Crippen LogP contribution in [-0.2, 0) is 0 Å². The molecule has 0 aliphatic carbocycles. The van der Waals surface area contributed by atoms with E-state index in [1.165, 1.54) is 28.6 Å². The predicted octanol–water partition coefficient (Wildman–Crippen LogP) is 5.50. The lowest BCUT2D eigenvalue weighted by atomic mass is 10.1. The van der Waals surface area contributed by atoms with Crippen LogP contribution in [0.1, 0.15) is 19.8 Å². The Labute approximate surface area is 151 Å². The van der Waals surface area contributed by atoms with Crippen LogP contribution in [0, 0.1) is 0 Å². The first-order valence-corrected chi connectivity index (χ1v) is 9.67. The second kappa shape index (κ2) is 5.81. The van der Waals surface area contributed by atoms with Gasteiger partial charge in [-0.1, -0.05) is 24.3 Å². The Morgan fingerprint density at radius 3 is 2.88 bits per heavy atom. The van der Waals surface area contributed by atoms with Crippen molar-refractivity contribution in [3.63, 3.8) is 0 Å². The monoisotopic (exact) mass is 345 g/mol. The van der Waals surface area contributed by atoms with E-state index in [1.807, 2.05) is 5.51 Å². The number of hydrogen-bond acceptors (Lipinski definition) is 4. The van der Waals surface area contributed by atoms with Gasteiger partial charge in [-0.05, 0) is 44.0 Å². The molecule has 2 aromatic carbocycles. The van der Waals surface area contributed by atoms with Gasteiger partial charge in [0.15, 0.2) is 0 Å². The van der Waals surface area contributed by atoms with Crippen LogP contribution in [-0.4, -0.2) is 22.6 Å². The summed E-state index contributed by atoms with van der Waals surface area (Å²) in [7, 11) is 0. The molecule has 0 amide bonds. The van der Waals surface area contributed by atoms with Crippen LogP contribution in [0.2, 0.25) is 0 Å². The molecule has 1 aliphatic heterocycles. The fourth-order valence-corrected chi connectivity index (χ4v) is 4.49. The summed E-state index contributed by atoms with van der Waals surface area (Å²) in [6, 6.07) is 17.8. The first kappa shape index (κ1) is 14.8. The zero-order valence-electron chi connectivity index (χ0n) is 14.1. The summed E-state index contributed by atoms with van der Waals surface area (Å²) in [5.41, 5.74) is 7.48. The Balaban J connectivity index is 1.76. The Kier molecular flexibility index (Phi) is 3.45. The van der Waals surface area contributed by atoms with Gasteiger partial charge in [-0.15, -0.1) is 11.3 Å². The van der Waals surface area contributed by atoms with Crippen molar-refractivity contribution < 1.29 is 0 Å². The van der Waals surface area contributed by atoms with Crippen molar-refractivity contribution in [1.82, 2.24) is 9.97 Å². The van der Waals surface area contributed by atoms with Crippen molar-refractivity contribution in [1.29, 1.82) is 0 Å². The topological polar surface area (TPSA) is 29.0 Å². The van der Waals surface area contributed by atoms with Gasteiger partial charge in [0.05, 0.1) is 32.6 Å². The van der Waals surface area contributed by atoms with Crippen LogP contribution in [0.15, 0.2) is 54.0 Å². The molecule has 0 saturated carbocycles. The summed E-state index contributed by atoms with van der Waals surface area (Å²) in [6.07, 6.45) is 2.50. The zero-order valence-corrected chi connectivity index (χ0v) is 15.0. The molecule has 5 rings (SSSR count). The molecule has 25 heavy (non-hydrogen) atoms. The molecule has 0 bridgehead atoms. The average Bonchev–Trinajstić information content (AvgIpc) is 3.28. The van der Waals surface area contributed by atoms with Crippen LogP contribution < -0.4 is 4.90 Å². The summed E-state index contributed by atoms with van der Waals surface area (Å²) in [5.74, 6) is 0. The second-order valence-electron chi connectivity index (χ2n) is 6.77. The first-order chi connectivity index (χ1) is 12.3. The van der Waals surface area contributed by atoms with Gasteiger partial charge in [0, 0.05) is 23.5 Å². The molecule has 2 aromatic heterocycles. The number of thiazole rings is 1. The molecule has 3 nitrogen and oxygen atoms in total. The van der Waals surface area contributed by atoms with E-state index >= 15 is 0 Å². The average molecular weight is 345 g/mol. The van der Waals surface area contributed by atoms with Crippen LogP contribution in [0.4, 0.5) is 5.69 Å². The van der Waals surface area contributed by atoms with E-state index < -0.39 is 0 Å². The first-order valence-electron chi connectivity index (χ1n) is 8.80. The molecule has 0 unspecified atom stereocenters. The van der Waals surface area contributed by atoms with Gasteiger partial charge in [0.25, 0.3) is 0 Å². The maximum atomic E-state index is 5.05. The molecule has 4 heteroatoms. The highest BCUT2D eigenvalue weighted by Crippen LogP contribution is 2.37. The third-order valence-electron chi connectivity index (χ3n) is 5.17. The number of pyridine rings is 1. The Morgan fingerprint density at radius 1 is 1.08 bits per heavy atom. The molecule has 3 heterocycles. The highest BCUT2D eigenvalue weighted by molar-refractivity contribution is 7.16. The molecule has 1 saturated heterocycles. The molecule has 1 atom stereocenters. The molecule has 124 valence electrons. The number of hydrogen-bond donors (Lipinski definition) is 0. The molecule has 4 aromatic rings. The Bertz CT molecular complexity index is 1070. The summed E-state index contributed by atoms with van der Waals surface area (Å²) >= 11 is 1.68. The number of aromatic nitrogens is 2. The van der Waals surface area contributed by atoms with Crippen molar-refractivity contribution in [2.24, 2.45) is 0 Å². The van der Waals surface area contributed by atoms with E-state index in [2.05, 4.69) is 65.3 Å². The fourth-order valence-electron chi connectivity index (χ4n) is 3.83. The lowest BCUT2D eigenvalue weighted by molar-refractivity contribution is 0.735. The van der Waals surface area contributed by atoms with Crippen LogP contribution in [0.3, 0.4) is 0 Å². The van der Waals surface area contributed by atoms with Crippen molar-refractivity contribution in [3.05, 3.63) is 54.0 Å². The molecule has 0 radical (unpaired) electrons. The van der Waals surface area contributed by atoms with Crippen molar-refractivity contribution >= 4 is 38.1 Å². The summed E-state index contributed by atoms with van der Waals surface area (Å²) in [4.78, 5) is 12.0. The minimum atomic E-state index is 0.560. The summed E-state index contributed by atoms with van der Waals surface area (Å²) in [6.45, 7) is 3.42. The number of anilines is 1. The van der Waals surface area contributed by atoms with Crippen molar-refractivity contribution in [3.8, 4) is 11.3 Å². The Hall–Kier alpha value is -2.46. The van der Waals surface area contributed by atoms with E-state index in [0.717, 1.165) is 28.8 Å². The maximum Gasteiger partial charge on any atom is 0.0943 e. The van der Waals surface area contributed by atoms with Gasteiger partial charge in [-0.2, -0.15) is 0 Å². The molecule has 0 N–H and O–H groups in total. The number of fused-ring (bicyclic) bond motifs is 2. The Morgan fingerprint density at radius 2 is 2.00 bits per heavy atom. The smallest absolute Gasteiger partial charge is 0.0943 e. The van der Waals surface area contributed by atoms with E-state index in [0.29, 0.717) is 6.04 Å². The molecule has 1 fully saturated rings. The third kappa shape index (κ3) is 2.48. The minimum Gasteiger partial charge on any atom is -0.367 e.